The lowest BCUT2D eigenvalue weighted by Crippen LogP contribution is -2.20. The van der Waals surface area contributed by atoms with Crippen LogP contribution in [0.4, 0.5) is 11.5 Å². The molecule has 0 saturated carbocycles. The summed E-state index contributed by atoms with van der Waals surface area (Å²) in [6.45, 7) is 2.03. The molecule has 0 aliphatic carbocycles. The van der Waals surface area contributed by atoms with E-state index < -0.39 is 10.9 Å². The lowest BCUT2D eigenvalue weighted by Gasteiger charge is -2.16. The monoisotopic (exact) mass is 306 g/mol. The van der Waals surface area contributed by atoms with Crippen molar-refractivity contribution in [3.8, 4) is 0 Å². The maximum Gasteiger partial charge on any atom is 0.339 e. The Morgan fingerprint density at radius 1 is 1.50 bits per heavy atom. The zero-order valence-corrected chi connectivity index (χ0v) is 12.3. The minimum absolute atomic E-state index is 0.0173. The molecule has 0 N–H and O–H groups in total. The van der Waals surface area contributed by atoms with Crippen LogP contribution >= 0.6 is 0 Å². The summed E-state index contributed by atoms with van der Waals surface area (Å²) in [5.41, 5.74) is 0.349. The van der Waals surface area contributed by atoms with E-state index in [-0.39, 0.29) is 23.6 Å². The fourth-order valence-corrected chi connectivity index (χ4v) is 1.91. The van der Waals surface area contributed by atoms with E-state index in [1.807, 2.05) is 0 Å². The Balaban J connectivity index is 2.32. The van der Waals surface area contributed by atoms with E-state index in [9.17, 15) is 14.9 Å². The van der Waals surface area contributed by atoms with Crippen molar-refractivity contribution in [2.75, 3.05) is 19.1 Å². The number of nitrogens with zero attached hydrogens (tertiary/aromatic N) is 4. The number of nitro groups is 1. The number of rotatable bonds is 5. The van der Waals surface area contributed by atoms with Gasteiger partial charge in [-0.2, -0.15) is 0 Å². The molecule has 0 unspecified atom stereocenters. The van der Waals surface area contributed by atoms with E-state index >= 15 is 0 Å². The van der Waals surface area contributed by atoms with Gasteiger partial charge in [0.2, 0.25) is 5.82 Å². The topological polar surface area (TPSA) is 112 Å². The van der Waals surface area contributed by atoms with Crippen molar-refractivity contribution in [2.24, 2.45) is 0 Å². The average Bonchev–Trinajstić information content (AvgIpc) is 2.90. The molecule has 2 rings (SSSR count). The van der Waals surface area contributed by atoms with Crippen molar-refractivity contribution in [3.63, 3.8) is 0 Å². The molecule has 9 heteroatoms. The zero-order valence-electron chi connectivity index (χ0n) is 12.3. The Bertz CT molecular complexity index is 712. The number of hydrogen-bond acceptors (Lipinski definition) is 8. The summed E-state index contributed by atoms with van der Waals surface area (Å²) in [6, 6.07) is 2.86. The predicted molar refractivity (Wildman–Crippen MR) is 75.6 cm³/mol. The minimum Gasteiger partial charge on any atom is -0.465 e. The van der Waals surface area contributed by atoms with E-state index in [2.05, 4.69) is 14.9 Å². The number of anilines is 1. The van der Waals surface area contributed by atoms with Gasteiger partial charge in [-0.1, -0.05) is 5.16 Å². The van der Waals surface area contributed by atoms with Crippen LogP contribution in [0, 0.1) is 17.0 Å². The van der Waals surface area contributed by atoms with Crippen LogP contribution in [0.3, 0.4) is 0 Å². The number of hydrogen-bond donors (Lipinski definition) is 0. The highest BCUT2D eigenvalue weighted by atomic mass is 16.6. The molecule has 0 atom stereocenters. The second-order valence-electron chi connectivity index (χ2n) is 4.60. The summed E-state index contributed by atoms with van der Waals surface area (Å²) < 4.78 is 9.48. The van der Waals surface area contributed by atoms with Crippen LogP contribution in [0.5, 0.6) is 0 Å². The third kappa shape index (κ3) is 3.19. The van der Waals surface area contributed by atoms with Gasteiger partial charge in [0.25, 0.3) is 0 Å². The third-order valence-corrected chi connectivity index (χ3v) is 2.90. The first-order chi connectivity index (χ1) is 10.4. The highest BCUT2D eigenvalue weighted by Gasteiger charge is 2.22. The maximum absolute atomic E-state index is 11.4. The van der Waals surface area contributed by atoms with Crippen molar-refractivity contribution < 1.29 is 19.0 Å². The molecule has 0 aliphatic rings. The molecule has 116 valence electrons. The van der Waals surface area contributed by atoms with Gasteiger partial charge in [0.15, 0.2) is 0 Å². The predicted octanol–water partition coefficient (Wildman–Crippen LogP) is 1.71. The molecule has 0 radical (unpaired) electrons. The Morgan fingerprint density at radius 3 is 2.77 bits per heavy atom. The molecule has 9 nitrogen and oxygen atoms in total. The molecule has 0 fully saturated rings. The van der Waals surface area contributed by atoms with Crippen molar-refractivity contribution >= 4 is 17.5 Å². The summed E-state index contributed by atoms with van der Waals surface area (Å²) in [6.07, 6.45) is 1.23. The van der Waals surface area contributed by atoms with Crippen LogP contribution in [0.25, 0.3) is 0 Å². The number of esters is 1. The first-order valence-electron chi connectivity index (χ1n) is 6.28. The molecular weight excluding hydrogens is 292 g/mol. The first kappa shape index (κ1) is 15.4. The maximum atomic E-state index is 11.4. The lowest BCUT2D eigenvalue weighted by atomic mass is 10.2. The highest BCUT2D eigenvalue weighted by molar-refractivity contribution is 5.90. The van der Waals surface area contributed by atoms with Gasteiger partial charge in [-0.25, -0.2) is 9.78 Å². The largest absolute Gasteiger partial charge is 0.465 e. The SMILES string of the molecule is COC(=O)c1cnc(N(C)Cc2cc(C)on2)c([N+](=O)[O-])c1. The lowest BCUT2D eigenvalue weighted by molar-refractivity contribution is -0.384. The summed E-state index contributed by atoms with van der Waals surface area (Å²) in [5.74, 6) is 0.0853. The first-order valence-corrected chi connectivity index (χ1v) is 6.28. The van der Waals surface area contributed by atoms with Gasteiger partial charge in [0, 0.05) is 25.4 Å². The van der Waals surface area contributed by atoms with Gasteiger partial charge in [0.1, 0.15) is 11.5 Å². The van der Waals surface area contributed by atoms with E-state index in [1.54, 1.807) is 24.9 Å². The Kier molecular flexibility index (Phi) is 4.35. The molecule has 0 saturated heterocycles. The van der Waals surface area contributed by atoms with E-state index in [4.69, 9.17) is 4.52 Å². The van der Waals surface area contributed by atoms with Crippen LogP contribution in [-0.4, -0.2) is 35.2 Å². The Hall–Kier alpha value is -2.97. The molecule has 0 spiro atoms. The number of ether oxygens (including phenoxy) is 1. The molecule has 22 heavy (non-hydrogen) atoms. The average molecular weight is 306 g/mol. The molecule has 2 heterocycles. The van der Waals surface area contributed by atoms with Crippen LogP contribution in [0.15, 0.2) is 22.9 Å². The standard InChI is InChI=1S/C13H14N4O5/c1-8-4-10(15-22-8)7-16(2)12-11(17(19)20)5-9(6-14-12)13(18)21-3/h4-6H,7H2,1-3H3. The van der Waals surface area contributed by atoms with E-state index in [0.717, 1.165) is 6.07 Å². The fourth-order valence-electron chi connectivity index (χ4n) is 1.91. The Labute approximate surface area is 125 Å². The van der Waals surface area contributed by atoms with Crippen molar-refractivity contribution in [3.05, 3.63) is 45.5 Å². The van der Waals surface area contributed by atoms with E-state index in [1.165, 1.54) is 13.3 Å². The third-order valence-electron chi connectivity index (χ3n) is 2.90. The van der Waals surface area contributed by atoms with Gasteiger partial charge in [-0.3, -0.25) is 10.1 Å². The molecule has 0 amide bonds. The van der Waals surface area contributed by atoms with Crippen LogP contribution < -0.4 is 4.90 Å². The second-order valence-corrected chi connectivity index (χ2v) is 4.60. The smallest absolute Gasteiger partial charge is 0.339 e. The number of aromatic nitrogens is 2. The van der Waals surface area contributed by atoms with Crippen LogP contribution in [0.2, 0.25) is 0 Å². The quantitative estimate of drug-likeness (QED) is 0.466. The number of pyridine rings is 1. The minimum atomic E-state index is -0.683. The van der Waals surface area contributed by atoms with Crippen molar-refractivity contribution in [1.29, 1.82) is 0 Å². The highest BCUT2D eigenvalue weighted by Crippen LogP contribution is 2.27. The Morgan fingerprint density at radius 2 is 2.23 bits per heavy atom. The molecule has 0 bridgehead atoms. The van der Waals surface area contributed by atoms with Gasteiger partial charge >= 0.3 is 11.7 Å². The van der Waals surface area contributed by atoms with Crippen LogP contribution in [0.1, 0.15) is 21.8 Å². The van der Waals surface area contributed by atoms with Gasteiger partial charge in [-0.05, 0) is 6.92 Å². The van der Waals surface area contributed by atoms with Gasteiger partial charge in [0.05, 0.1) is 24.1 Å². The molecule has 0 aliphatic heterocycles. The normalized spacial score (nSPS) is 10.3. The summed E-state index contributed by atoms with van der Waals surface area (Å²) in [7, 11) is 2.83. The molecular formula is C13H14N4O5. The van der Waals surface area contributed by atoms with Crippen molar-refractivity contribution in [1.82, 2.24) is 10.1 Å². The van der Waals surface area contributed by atoms with Crippen LogP contribution in [-0.2, 0) is 11.3 Å². The van der Waals surface area contributed by atoms with E-state index in [0.29, 0.717) is 11.5 Å². The number of carbonyl (C=O) groups is 1. The zero-order chi connectivity index (χ0) is 16.3. The van der Waals surface area contributed by atoms with Gasteiger partial charge < -0.3 is 14.2 Å². The van der Waals surface area contributed by atoms with Crippen molar-refractivity contribution in [2.45, 2.75) is 13.5 Å². The fraction of sp³-hybridized carbons (Fsp3) is 0.308. The van der Waals surface area contributed by atoms with Gasteiger partial charge in [-0.15, -0.1) is 0 Å². The number of carbonyl (C=O) groups excluding carboxylic acids is 1. The number of aryl methyl sites for hydroxylation is 1. The summed E-state index contributed by atoms with van der Waals surface area (Å²) >= 11 is 0. The second kappa shape index (κ2) is 6.20. The summed E-state index contributed by atoms with van der Waals surface area (Å²) in [5, 5.41) is 15.0. The molecule has 2 aromatic rings. The number of methoxy groups -OCH3 is 1. The summed E-state index contributed by atoms with van der Waals surface area (Å²) in [4.78, 5) is 27.6. The molecule has 0 aromatic carbocycles. The molecule has 2 aromatic heterocycles.